The minimum Gasteiger partial charge on any atom is -0.339 e. The molecule has 0 bridgehead atoms. The number of imidazole rings is 1. The lowest BCUT2D eigenvalue weighted by Gasteiger charge is -2.34. The molecule has 1 aromatic heterocycles. The van der Waals surface area contributed by atoms with Gasteiger partial charge in [0.05, 0.1) is 24.2 Å². The van der Waals surface area contributed by atoms with Crippen LogP contribution in [0, 0.1) is 5.82 Å². The summed E-state index contributed by atoms with van der Waals surface area (Å²) in [5, 5.41) is 3.34. The van der Waals surface area contributed by atoms with E-state index in [1.165, 1.54) is 40.7 Å². The second-order valence-electron chi connectivity index (χ2n) is 7.68. The number of thioether (sulfide) groups is 1. The molecule has 2 amide bonds. The molecule has 10 heteroatoms. The molecule has 1 fully saturated rings. The number of rotatable bonds is 7. The largest absolute Gasteiger partial charge is 0.339 e. The third-order valence-corrected chi connectivity index (χ3v) is 6.26. The van der Waals surface area contributed by atoms with E-state index >= 15 is 0 Å². The Labute approximate surface area is 195 Å². The van der Waals surface area contributed by atoms with Crippen molar-refractivity contribution in [2.45, 2.75) is 5.16 Å². The smallest absolute Gasteiger partial charge is 0.238 e. The fraction of sp³-hybridized carbons (Fsp3) is 0.261. The molecular weight excluding hydrogens is 443 g/mol. The molecule has 0 unspecified atom stereocenters. The van der Waals surface area contributed by atoms with Crippen molar-refractivity contribution >= 4 is 29.3 Å². The number of carbonyl (C=O) groups excluding carboxylic acids is 2. The number of nitrogen functional groups attached to an aromatic ring is 1. The van der Waals surface area contributed by atoms with Crippen LogP contribution in [0.15, 0.2) is 66.0 Å². The quantitative estimate of drug-likeness (QED) is 0.408. The van der Waals surface area contributed by atoms with Gasteiger partial charge in [0.2, 0.25) is 11.8 Å². The summed E-state index contributed by atoms with van der Waals surface area (Å²) in [4.78, 5) is 33.2. The molecule has 3 aromatic rings. The Morgan fingerprint density at radius 2 is 1.73 bits per heavy atom. The van der Waals surface area contributed by atoms with Gasteiger partial charge < -0.3 is 16.1 Å². The Balaban J connectivity index is 1.21. The van der Waals surface area contributed by atoms with Crippen molar-refractivity contribution in [3.8, 4) is 11.3 Å². The second kappa shape index (κ2) is 10.5. The zero-order valence-electron chi connectivity index (χ0n) is 18.0. The molecule has 1 aliphatic heterocycles. The van der Waals surface area contributed by atoms with E-state index in [-0.39, 0.29) is 29.9 Å². The first-order valence-electron chi connectivity index (χ1n) is 10.6. The summed E-state index contributed by atoms with van der Waals surface area (Å²) in [7, 11) is 0. The van der Waals surface area contributed by atoms with E-state index in [2.05, 4.69) is 10.3 Å². The van der Waals surface area contributed by atoms with Crippen LogP contribution in [0.5, 0.6) is 0 Å². The Morgan fingerprint density at radius 3 is 2.42 bits per heavy atom. The van der Waals surface area contributed by atoms with Crippen LogP contribution in [0.2, 0.25) is 0 Å². The molecule has 0 saturated carbocycles. The molecular formula is C23H25FN6O2S. The summed E-state index contributed by atoms with van der Waals surface area (Å²) in [5.41, 5.74) is 2.29. The fourth-order valence-electron chi connectivity index (χ4n) is 3.54. The lowest BCUT2D eigenvalue weighted by molar-refractivity contribution is -0.130. The summed E-state index contributed by atoms with van der Waals surface area (Å²) in [5.74, 6) is 5.76. The molecule has 0 atom stereocenters. The third-order valence-electron chi connectivity index (χ3n) is 5.31. The number of piperazine rings is 1. The zero-order valence-corrected chi connectivity index (χ0v) is 18.8. The van der Waals surface area contributed by atoms with Gasteiger partial charge in [-0.25, -0.2) is 14.1 Å². The Bertz CT molecular complexity index is 1100. The van der Waals surface area contributed by atoms with E-state index in [4.69, 9.17) is 5.84 Å². The topological polar surface area (TPSA) is 96.5 Å². The lowest BCUT2D eigenvalue weighted by atomic mass is 10.2. The zero-order chi connectivity index (χ0) is 23.2. The summed E-state index contributed by atoms with van der Waals surface area (Å²) in [6.45, 7) is 2.54. The maximum atomic E-state index is 13.0. The highest BCUT2D eigenvalue weighted by atomic mass is 32.2. The van der Waals surface area contributed by atoms with E-state index in [1.54, 1.807) is 11.1 Å². The average molecular weight is 469 g/mol. The number of nitrogens with one attached hydrogen (secondary N) is 1. The number of carbonyl (C=O) groups is 2. The molecule has 0 spiro atoms. The van der Waals surface area contributed by atoms with Gasteiger partial charge in [0.25, 0.3) is 0 Å². The monoisotopic (exact) mass is 468 g/mol. The number of nitrogens with zero attached hydrogens (tertiary/aromatic N) is 4. The van der Waals surface area contributed by atoms with Gasteiger partial charge in [-0.2, -0.15) is 0 Å². The number of nitrogens with two attached hydrogens (primary N) is 1. The van der Waals surface area contributed by atoms with Gasteiger partial charge in [0.15, 0.2) is 5.16 Å². The van der Waals surface area contributed by atoms with Crippen LogP contribution < -0.4 is 11.2 Å². The summed E-state index contributed by atoms with van der Waals surface area (Å²) in [6, 6.07) is 15.4. The number of hydrogen-bond acceptors (Lipinski definition) is 6. The number of aromatic nitrogens is 2. The minimum absolute atomic E-state index is 0.0136. The van der Waals surface area contributed by atoms with Crippen LogP contribution in [0.3, 0.4) is 0 Å². The summed E-state index contributed by atoms with van der Waals surface area (Å²) in [6.07, 6.45) is 1.75. The van der Waals surface area contributed by atoms with Crippen LogP contribution in [0.25, 0.3) is 11.3 Å². The number of halogens is 1. The van der Waals surface area contributed by atoms with E-state index in [1.807, 2.05) is 35.2 Å². The average Bonchev–Trinajstić information content (AvgIpc) is 3.20. The SMILES string of the molecule is Nn1cc(-c2ccccc2)nc1SCC(=O)N1CCN(CC(=O)Nc2ccc(F)cc2)CC1. The van der Waals surface area contributed by atoms with E-state index in [9.17, 15) is 14.0 Å². The molecule has 33 heavy (non-hydrogen) atoms. The van der Waals surface area contributed by atoms with Crippen LogP contribution in [-0.2, 0) is 9.59 Å². The van der Waals surface area contributed by atoms with Crippen LogP contribution in [-0.4, -0.2) is 69.8 Å². The maximum Gasteiger partial charge on any atom is 0.238 e. The normalized spacial score (nSPS) is 14.3. The molecule has 2 aromatic carbocycles. The van der Waals surface area contributed by atoms with Gasteiger partial charge in [0.1, 0.15) is 5.82 Å². The highest BCUT2D eigenvalue weighted by molar-refractivity contribution is 7.99. The van der Waals surface area contributed by atoms with Crippen molar-refractivity contribution in [2.24, 2.45) is 0 Å². The van der Waals surface area contributed by atoms with E-state index in [0.717, 1.165) is 11.3 Å². The first-order chi connectivity index (χ1) is 16.0. The fourth-order valence-corrected chi connectivity index (χ4v) is 4.34. The van der Waals surface area contributed by atoms with Crippen LogP contribution in [0.1, 0.15) is 0 Å². The number of benzene rings is 2. The van der Waals surface area contributed by atoms with Crippen molar-refractivity contribution < 1.29 is 14.0 Å². The predicted molar refractivity (Wildman–Crippen MR) is 127 cm³/mol. The summed E-state index contributed by atoms with van der Waals surface area (Å²) >= 11 is 1.31. The highest BCUT2D eigenvalue weighted by Crippen LogP contribution is 2.23. The minimum atomic E-state index is -0.348. The highest BCUT2D eigenvalue weighted by Gasteiger charge is 2.23. The van der Waals surface area contributed by atoms with Crippen molar-refractivity contribution in [1.29, 1.82) is 0 Å². The van der Waals surface area contributed by atoms with Crippen molar-refractivity contribution in [3.63, 3.8) is 0 Å². The molecule has 4 rings (SSSR count). The number of amides is 2. The van der Waals surface area contributed by atoms with Crippen molar-refractivity contribution in [3.05, 3.63) is 66.6 Å². The standard InChI is InChI=1S/C23H25FN6O2S/c24-18-6-8-19(9-7-18)26-21(31)15-28-10-12-29(13-11-28)22(32)16-33-23-27-20(14-30(23)25)17-4-2-1-3-5-17/h1-9,14H,10-13,15-16,25H2,(H,26,31). The molecule has 3 N–H and O–H groups in total. The Kier molecular flexibility index (Phi) is 7.26. The molecule has 172 valence electrons. The van der Waals surface area contributed by atoms with Gasteiger partial charge in [0, 0.05) is 37.4 Å². The van der Waals surface area contributed by atoms with Gasteiger partial charge in [-0.1, -0.05) is 42.1 Å². The molecule has 0 aliphatic carbocycles. The lowest BCUT2D eigenvalue weighted by Crippen LogP contribution is -2.50. The Morgan fingerprint density at radius 1 is 1.03 bits per heavy atom. The first-order valence-corrected chi connectivity index (χ1v) is 11.5. The maximum absolute atomic E-state index is 13.0. The molecule has 1 saturated heterocycles. The van der Waals surface area contributed by atoms with Crippen LogP contribution >= 0.6 is 11.8 Å². The first kappa shape index (κ1) is 22.8. The van der Waals surface area contributed by atoms with Crippen molar-refractivity contribution in [2.75, 3.05) is 49.6 Å². The number of hydrogen-bond donors (Lipinski definition) is 2. The summed E-state index contributed by atoms with van der Waals surface area (Å²) < 4.78 is 14.4. The third kappa shape index (κ3) is 6.11. The predicted octanol–water partition coefficient (Wildman–Crippen LogP) is 2.28. The molecule has 2 heterocycles. The molecule has 0 radical (unpaired) electrons. The van der Waals surface area contributed by atoms with E-state index < -0.39 is 0 Å². The van der Waals surface area contributed by atoms with Crippen molar-refractivity contribution in [1.82, 2.24) is 19.5 Å². The Hall–Kier alpha value is -3.37. The van der Waals surface area contributed by atoms with Crippen LogP contribution in [0.4, 0.5) is 10.1 Å². The molecule has 1 aliphatic rings. The van der Waals surface area contributed by atoms with Gasteiger partial charge in [-0.3, -0.25) is 14.5 Å². The van der Waals surface area contributed by atoms with E-state index in [0.29, 0.717) is 37.0 Å². The van der Waals surface area contributed by atoms with Gasteiger partial charge >= 0.3 is 0 Å². The molecule has 8 nitrogen and oxygen atoms in total. The number of anilines is 1. The van der Waals surface area contributed by atoms with Gasteiger partial charge in [-0.15, -0.1) is 0 Å². The van der Waals surface area contributed by atoms with Gasteiger partial charge in [-0.05, 0) is 24.3 Å². The second-order valence-corrected chi connectivity index (χ2v) is 8.63.